The van der Waals surface area contributed by atoms with E-state index < -0.39 is 0 Å². The molecule has 0 atom stereocenters. The normalized spacial score (nSPS) is 9.70. The van der Waals surface area contributed by atoms with E-state index in [1.807, 2.05) is 12.1 Å². The fourth-order valence-corrected chi connectivity index (χ4v) is 1.31. The van der Waals surface area contributed by atoms with Gasteiger partial charge in [0.2, 0.25) is 0 Å². The zero-order valence-corrected chi connectivity index (χ0v) is 9.38. The van der Waals surface area contributed by atoms with Gasteiger partial charge in [-0.3, -0.25) is 0 Å². The van der Waals surface area contributed by atoms with Gasteiger partial charge in [0, 0.05) is 10.2 Å². The summed E-state index contributed by atoms with van der Waals surface area (Å²) in [5, 5.41) is 1.38. The van der Waals surface area contributed by atoms with Crippen molar-refractivity contribution >= 4 is 44.5 Å². The maximum atomic E-state index is 4.88. The molecule has 1 rings (SSSR count). The van der Waals surface area contributed by atoms with Crippen LogP contribution >= 0.6 is 24.8 Å². The highest BCUT2D eigenvalue weighted by Gasteiger charge is 1.92. The molecule has 0 aromatic heterocycles. The second-order valence-corrected chi connectivity index (χ2v) is 4.48. The minimum Gasteiger partial charge on any atom is -0.131 e. The fourth-order valence-electron chi connectivity index (χ4n) is 0.696. The van der Waals surface area contributed by atoms with Crippen LogP contribution in [-0.2, 0) is 0 Å². The van der Waals surface area contributed by atoms with Crippen molar-refractivity contribution in [3.8, 4) is 0 Å². The van der Waals surface area contributed by atoms with Crippen LogP contribution in [-0.4, -0.2) is 14.4 Å². The Morgan fingerprint density at radius 1 is 1.30 bits per heavy atom. The predicted octanol–water partition coefficient (Wildman–Crippen LogP) is 0.283. The van der Waals surface area contributed by atoms with E-state index in [2.05, 4.69) is 24.8 Å². The van der Waals surface area contributed by atoms with Crippen molar-refractivity contribution < 1.29 is 0 Å². The summed E-state index contributed by atoms with van der Waals surface area (Å²) in [4.78, 5) is 0. The standard InChI is InChI=1S/C7H8S2Si/c8-7(9)5-1-3-6(10)4-2-5/h1-4H,10H3,(H,8,9). The molecule has 10 heavy (non-hydrogen) atoms. The van der Waals surface area contributed by atoms with Gasteiger partial charge in [-0.05, 0) is 5.56 Å². The van der Waals surface area contributed by atoms with Crippen molar-refractivity contribution in [3.05, 3.63) is 29.8 Å². The summed E-state index contributed by atoms with van der Waals surface area (Å²) in [5.74, 6) is 0. The second kappa shape index (κ2) is 3.32. The van der Waals surface area contributed by atoms with Crippen LogP contribution in [0.5, 0.6) is 0 Å². The summed E-state index contributed by atoms with van der Waals surface area (Å²) in [5.41, 5.74) is 1.04. The molecule has 1 aromatic rings. The Balaban J connectivity index is 3.00. The monoisotopic (exact) mass is 184 g/mol. The van der Waals surface area contributed by atoms with Gasteiger partial charge in [-0.2, -0.15) is 0 Å². The van der Waals surface area contributed by atoms with Crippen molar-refractivity contribution in [2.75, 3.05) is 0 Å². The van der Waals surface area contributed by atoms with Crippen LogP contribution in [0.25, 0.3) is 0 Å². The predicted molar refractivity (Wildman–Crippen MR) is 56.7 cm³/mol. The van der Waals surface area contributed by atoms with Crippen LogP contribution in [0.3, 0.4) is 0 Å². The summed E-state index contributed by atoms with van der Waals surface area (Å²) in [6, 6.07) is 8.20. The molecule has 3 heteroatoms. The average molecular weight is 184 g/mol. The van der Waals surface area contributed by atoms with E-state index in [1.165, 1.54) is 5.19 Å². The maximum absolute atomic E-state index is 4.88. The number of hydrogen-bond acceptors (Lipinski definition) is 1. The topological polar surface area (TPSA) is 0 Å². The lowest BCUT2D eigenvalue weighted by molar-refractivity contribution is 1.74. The zero-order valence-electron chi connectivity index (χ0n) is 5.66. The molecule has 0 aliphatic rings. The molecule has 0 spiro atoms. The van der Waals surface area contributed by atoms with E-state index in [4.69, 9.17) is 12.2 Å². The van der Waals surface area contributed by atoms with E-state index in [0.29, 0.717) is 4.20 Å². The Morgan fingerprint density at radius 2 is 1.80 bits per heavy atom. The number of thiocarbonyl (C=S) groups is 1. The third-order valence-corrected chi connectivity index (χ3v) is 2.46. The minimum absolute atomic E-state index is 0.668. The molecular formula is C7H8S2Si. The number of thiol groups is 1. The molecule has 0 saturated heterocycles. The average Bonchev–Trinajstić information content (AvgIpc) is 1.88. The van der Waals surface area contributed by atoms with Crippen molar-refractivity contribution in [1.82, 2.24) is 0 Å². The van der Waals surface area contributed by atoms with Crippen molar-refractivity contribution in [3.63, 3.8) is 0 Å². The molecule has 0 N–H and O–H groups in total. The molecule has 0 saturated carbocycles. The minimum atomic E-state index is 0.668. The molecule has 1 aromatic carbocycles. The Morgan fingerprint density at radius 3 is 2.20 bits per heavy atom. The zero-order chi connectivity index (χ0) is 7.56. The quantitative estimate of drug-likeness (QED) is 0.372. The number of rotatable bonds is 1. The highest BCUT2D eigenvalue weighted by Crippen LogP contribution is 2.01. The van der Waals surface area contributed by atoms with Gasteiger partial charge in [-0.25, -0.2) is 0 Å². The van der Waals surface area contributed by atoms with E-state index in [0.717, 1.165) is 15.8 Å². The molecule has 0 radical (unpaired) electrons. The molecule has 0 bridgehead atoms. The molecule has 0 fully saturated rings. The Kier molecular flexibility index (Phi) is 2.65. The lowest BCUT2D eigenvalue weighted by atomic mass is 10.2. The second-order valence-electron chi connectivity index (χ2n) is 2.17. The number of benzene rings is 1. The SMILES string of the molecule is [SiH3]c1ccc(C(=S)S)cc1. The highest BCUT2D eigenvalue weighted by molar-refractivity contribution is 8.11. The molecule has 0 aliphatic heterocycles. The smallest absolute Gasteiger partial charge is 0.0747 e. The van der Waals surface area contributed by atoms with Gasteiger partial charge in [0.25, 0.3) is 0 Å². The van der Waals surface area contributed by atoms with Crippen molar-refractivity contribution in [2.45, 2.75) is 0 Å². The Bertz CT molecular complexity index is 240. The fraction of sp³-hybridized carbons (Fsp3) is 0. The van der Waals surface area contributed by atoms with E-state index in [1.54, 1.807) is 0 Å². The highest BCUT2D eigenvalue weighted by atomic mass is 32.1. The van der Waals surface area contributed by atoms with Gasteiger partial charge in [0.15, 0.2) is 0 Å². The first-order valence-corrected chi connectivity index (χ1v) is 4.85. The van der Waals surface area contributed by atoms with Gasteiger partial charge in [-0.15, -0.1) is 12.6 Å². The van der Waals surface area contributed by atoms with Gasteiger partial charge in [0.05, 0.1) is 4.20 Å². The summed E-state index contributed by atoms with van der Waals surface area (Å²) in [6.07, 6.45) is 0. The van der Waals surface area contributed by atoms with Crippen LogP contribution in [0.1, 0.15) is 5.56 Å². The number of hydrogen-bond donors (Lipinski definition) is 1. The summed E-state index contributed by atoms with van der Waals surface area (Å²) in [7, 11) is 1.10. The molecular weight excluding hydrogens is 176 g/mol. The van der Waals surface area contributed by atoms with Gasteiger partial charge in [-0.1, -0.05) is 41.7 Å². The van der Waals surface area contributed by atoms with E-state index in [-0.39, 0.29) is 0 Å². The van der Waals surface area contributed by atoms with Gasteiger partial charge < -0.3 is 0 Å². The third kappa shape index (κ3) is 1.93. The lowest BCUT2D eigenvalue weighted by Gasteiger charge is -1.95. The molecule has 52 valence electrons. The van der Waals surface area contributed by atoms with Gasteiger partial charge in [0.1, 0.15) is 0 Å². The summed E-state index contributed by atoms with van der Waals surface area (Å²) >= 11 is 8.95. The van der Waals surface area contributed by atoms with Crippen LogP contribution in [0.15, 0.2) is 24.3 Å². The Hall–Kier alpha value is -0.123. The summed E-state index contributed by atoms with van der Waals surface area (Å²) < 4.78 is 0.668. The van der Waals surface area contributed by atoms with Crippen LogP contribution in [0.4, 0.5) is 0 Å². The first kappa shape index (κ1) is 7.98. The largest absolute Gasteiger partial charge is 0.131 e. The van der Waals surface area contributed by atoms with Crippen LogP contribution in [0.2, 0.25) is 0 Å². The molecule has 0 amide bonds. The first-order chi connectivity index (χ1) is 4.70. The van der Waals surface area contributed by atoms with E-state index >= 15 is 0 Å². The van der Waals surface area contributed by atoms with Crippen molar-refractivity contribution in [1.29, 1.82) is 0 Å². The lowest BCUT2D eigenvalue weighted by Crippen LogP contribution is -2.01. The van der Waals surface area contributed by atoms with Crippen LogP contribution in [0, 0.1) is 0 Å². The van der Waals surface area contributed by atoms with Crippen LogP contribution < -0.4 is 5.19 Å². The van der Waals surface area contributed by atoms with Crippen molar-refractivity contribution in [2.24, 2.45) is 0 Å². The molecule has 0 aliphatic carbocycles. The third-order valence-electron chi connectivity index (χ3n) is 1.30. The molecule has 0 unspecified atom stereocenters. The van der Waals surface area contributed by atoms with Gasteiger partial charge >= 0.3 is 0 Å². The first-order valence-electron chi connectivity index (χ1n) is 3.00. The molecule has 0 heterocycles. The summed E-state index contributed by atoms with van der Waals surface area (Å²) in [6.45, 7) is 0. The Labute approximate surface area is 74.5 Å². The maximum Gasteiger partial charge on any atom is 0.0747 e. The van der Waals surface area contributed by atoms with E-state index in [9.17, 15) is 0 Å². The molecule has 0 nitrogen and oxygen atoms in total.